The molecule has 7 aromatic rings. The van der Waals surface area contributed by atoms with Gasteiger partial charge in [-0.1, -0.05) is 145 Å². The zero-order valence-corrected chi connectivity index (χ0v) is 51.4. The third-order valence-electron chi connectivity index (χ3n) is 12.2. The Bertz CT molecular complexity index is 2550. The topological polar surface area (TPSA) is 46.1 Å². The van der Waals surface area contributed by atoms with E-state index in [9.17, 15) is 4.79 Å². The minimum Gasteiger partial charge on any atom is -0.366 e. The van der Waals surface area contributed by atoms with Crippen molar-refractivity contribution < 1.29 is 25.9 Å². The number of benzene rings is 4. The van der Waals surface area contributed by atoms with Gasteiger partial charge in [-0.05, 0) is 143 Å². The van der Waals surface area contributed by atoms with E-state index in [2.05, 4.69) is 166 Å². The first-order valence-electron chi connectivity index (χ1n) is 26.4. The van der Waals surface area contributed by atoms with Crippen LogP contribution >= 0.6 is 50.2 Å². The third kappa shape index (κ3) is 21.8. The van der Waals surface area contributed by atoms with E-state index in [1.165, 1.54) is 122 Å². The van der Waals surface area contributed by atoms with Crippen molar-refractivity contribution in [1.82, 2.24) is 8.75 Å². The molecule has 10 heteroatoms. The van der Waals surface area contributed by atoms with E-state index >= 15 is 0 Å². The van der Waals surface area contributed by atoms with Crippen molar-refractivity contribution in [2.75, 3.05) is 41.9 Å². The van der Waals surface area contributed by atoms with Crippen molar-refractivity contribution in [3.63, 3.8) is 0 Å². The number of rotatable bonds is 24. The van der Waals surface area contributed by atoms with Gasteiger partial charge in [0, 0.05) is 42.8 Å². The van der Waals surface area contributed by atoms with E-state index in [4.69, 9.17) is 12.8 Å². The average Bonchev–Trinajstić information content (AvgIpc) is 4.23. The summed E-state index contributed by atoms with van der Waals surface area (Å²) < 4.78 is 8.87. The summed E-state index contributed by atoms with van der Waals surface area (Å²) in [4.78, 5) is 16.0. The van der Waals surface area contributed by atoms with Gasteiger partial charge in [0.05, 0.1) is 17.2 Å². The van der Waals surface area contributed by atoms with E-state index in [0.717, 1.165) is 44.8 Å². The number of nitrogens with zero attached hydrogens (tertiary/aromatic N) is 3. The number of thiophene rings is 2. The van der Waals surface area contributed by atoms with Crippen LogP contribution in [0.3, 0.4) is 0 Å². The number of unbranched alkanes of at least 4 members (excludes halogenated alkanes) is 6. The molecule has 0 amide bonds. The summed E-state index contributed by atoms with van der Waals surface area (Å²) in [6.45, 7) is 18.1. The van der Waals surface area contributed by atoms with Gasteiger partial charge in [0.25, 0.3) is 0 Å². The number of fused-ring (bicyclic) bond motifs is 1. The fourth-order valence-corrected chi connectivity index (χ4v) is 16.0. The van der Waals surface area contributed by atoms with E-state index in [0.29, 0.717) is 31.2 Å². The van der Waals surface area contributed by atoms with Crippen LogP contribution in [-0.4, -0.2) is 52.0 Å². The quantitative estimate of drug-likeness (QED) is 0.0262. The van der Waals surface area contributed by atoms with Gasteiger partial charge in [-0.15, -0.1) is 44.9 Å². The summed E-state index contributed by atoms with van der Waals surface area (Å²) in [5.74, 6) is 4.65. The molecular formula is C63H79N3OP2PtS3. The van der Waals surface area contributed by atoms with Crippen molar-refractivity contribution >= 4 is 84.6 Å². The van der Waals surface area contributed by atoms with E-state index < -0.39 is 0 Å². The Hall–Kier alpha value is -3.76. The minimum absolute atomic E-state index is 0. The Morgan fingerprint density at radius 2 is 0.932 bits per heavy atom. The normalized spacial score (nSPS) is 10.5. The number of anilines is 3. The van der Waals surface area contributed by atoms with Crippen LogP contribution < -0.4 is 4.90 Å². The molecule has 73 heavy (non-hydrogen) atoms. The molecule has 0 radical (unpaired) electrons. The molecule has 4 nitrogen and oxygen atoms in total. The van der Waals surface area contributed by atoms with Crippen LogP contribution in [0.5, 0.6) is 0 Å². The Labute approximate surface area is 471 Å². The Morgan fingerprint density at radius 1 is 0.507 bits per heavy atom. The van der Waals surface area contributed by atoms with Gasteiger partial charge in [0.15, 0.2) is 6.29 Å². The number of aldehydes is 1. The predicted octanol–water partition coefficient (Wildman–Crippen LogP) is 20.3. The molecule has 4 aromatic carbocycles. The SMILES string of the molecule is CCCCP(CCCC)CCCC.CCCCP(CCCC)CCCC.[C-]#Cc1ccc(-c2ccc(-c3ccc(N(c4ccc(C)cc4)c4ccc(C)cc4)cc3)s2)c2nsnc12.[C-]#Cc1ccc(C=O)s1.[Pt+2]. The Kier molecular flexibility index (Phi) is 32.3. The standard InChI is InChI=1S/C32H22N3S2.2C12H27P.C7H3OS.Pt/c1-4-23-11-18-28(32-31(23)33-37-34-32)30-20-19-29(36-30)24-9-16-27(17-10-24)35(25-12-5-21(2)6-13-25)26-14-7-22(3)8-15-26;2*1-4-7-10-13(11-8-5-2)12-9-6-3;1-2-6-3-4-7(5-8)9-6;/h5-20H,2-3H3;2*4-12H2,1-3H3;3-5H;/q-1;;;-1;+2. The molecule has 0 saturated carbocycles. The van der Waals surface area contributed by atoms with Gasteiger partial charge >= 0.3 is 21.1 Å². The first-order valence-corrected chi connectivity index (χ1v) is 32.6. The molecular weight excluding hydrogens is 1170 g/mol. The second kappa shape index (κ2) is 37.1. The summed E-state index contributed by atoms with van der Waals surface area (Å²) in [5, 5.41) is 0. The first-order chi connectivity index (χ1) is 35.2. The maximum atomic E-state index is 10.1. The molecule has 0 bridgehead atoms. The largest absolute Gasteiger partial charge is 2.00 e. The fourth-order valence-electron chi connectivity index (χ4n) is 7.86. The predicted molar refractivity (Wildman–Crippen MR) is 325 cm³/mol. The number of hydrogen-bond acceptors (Lipinski definition) is 7. The van der Waals surface area contributed by atoms with Crippen LogP contribution in [0, 0.1) is 38.5 Å². The van der Waals surface area contributed by atoms with Crippen LogP contribution in [0.1, 0.15) is 150 Å². The van der Waals surface area contributed by atoms with Gasteiger partial charge in [0.2, 0.25) is 0 Å². The zero-order valence-electron chi connectivity index (χ0n) is 44.9. The van der Waals surface area contributed by atoms with Gasteiger partial charge in [-0.3, -0.25) is 16.6 Å². The summed E-state index contributed by atoms with van der Waals surface area (Å²) in [6, 6.07) is 37.6. The fraction of sp³-hybridized carbons (Fsp3) is 0.413. The molecule has 0 aliphatic heterocycles. The maximum Gasteiger partial charge on any atom is 2.00 e. The summed E-state index contributed by atoms with van der Waals surface area (Å²) >= 11 is 4.18. The van der Waals surface area contributed by atoms with Crippen LogP contribution in [-0.2, 0) is 21.1 Å². The van der Waals surface area contributed by atoms with Crippen LogP contribution in [0.4, 0.5) is 17.1 Å². The monoisotopic (exact) mass is 1250 g/mol. The average molecular weight is 1250 g/mol. The molecule has 3 heterocycles. The van der Waals surface area contributed by atoms with Crippen LogP contribution in [0.2, 0.25) is 0 Å². The number of carbonyl (C=O) groups is 1. The Morgan fingerprint density at radius 3 is 1.32 bits per heavy atom. The van der Waals surface area contributed by atoms with Crippen molar-refractivity contribution in [2.24, 2.45) is 0 Å². The summed E-state index contributed by atoms with van der Waals surface area (Å²) in [7, 11) is 0.843. The molecule has 3 aromatic heterocycles. The van der Waals surface area contributed by atoms with Crippen molar-refractivity contribution in [2.45, 2.75) is 132 Å². The Balaban J connectivity index is 0.000000320. The second-order valence-electron chi connectivity index (χ2n) is 18.2. The van der Waals surface area contributed by atoms with Crippen molar-refractivity contribution in [3.8, 4) is 32.7 Å². The molecule has 0 aliphatic carbocycles. The first kappa shape index (κ1) is 63.5. The van der Waals surface area contributed by atoms with E-state index in [-0.39, 0.29) is 21.1 Å². The molecule has 0 saturated heterocycles. The van der Waals surface area contributed by atoms with Gasteiger partial charge in [-0.2, -0.15) is 8.75 Å². The zero-order chi connectivity index (χ0) is 51.9. The molecule has 0 unspecified atom stereocenters. The van der Waals surface area contributed by atoms with E-state index in [1.54, 1.807) is 60.4 Å². The van der Waals surface area contributed by atoms with Crippen LogP contribution in [0.25, 0.3) is 31.9 Å². The molecule has 0 fully saturated rings. The van der Waals surface area contributed by atoms with Crippen LogP contribution in [0.15, 0.2) is 109 Å². The molecule has 0 spiro atoms. The smallest absolute Gasteiger partial charge is 0.366 e. The molecule has 7 rings (SSSR count). The van der Waals surface area contributed by atoms with Gasteiger partial charge in [-0.25, -0.2) is 11.3 Å². The number of carbonyl (C=O) groups excluding carboxylic acids is 1. The maximum absolute atomic E-state index is 10.1. The minimum atomic E-state index is 0. The van der Waals surface area contributed by atoms with Crippen molar-refractivity contribution in [1.29, 1.82) is 0 Å². The number of aryl methyl sites for hydroxylation is 2. The van der Waals surface area contributed by atoms with Crippen molar-refractivity contribution in [3.05, 3.63) is 148 Å². The van der Waals surface area contributed by atoms with Gasteiger partial charge in [0.1, 0.15) is 0 Å². The third-order valence-corrected chi connectivity index (χ3v) is 20.6. The molecule has 0 aliphatic rings. The molecule has 0 N–H and O–H groups in total. The summed E-state index contributed by atoms with van der Waals surface area (Å²) in [5.41, 5.74) is 10.3. The summed E-state index contributed by atoms with van der Waals surface area (Å²) in [6.07, 6.45) is 41.4. The number of aromatic nitrogens is 2. The number of hydrogen-bond donors (Lipinski definition) is 0. The molecule has 390 valence electrons. The molecule has 0 atom stereocenters. The van der Waals surface area contributed by atoms with E-state index in [1.807, 2.05) is 12.1 Å². The second-order valence-corrected chi connectivity index (χ2v) is 26.3. The van der Waals surface area contributed by atoms with Gasteiger partial charge < -0.3 is 17.7 Å².